The molecule has 0 aliphatic heterocycles. The lowest BCUT2D eigenvalue weighted by Crippen LogP contribution is -2.16. The number of anilines is 2. The zero-order chi connectivity index (χ0) is 15.8. The summed E-state index contributed by atoms with van der Waals surface area (Å²) in [5.41, 5.74) is 6.07. The van der Waals surface area contributed by atoms with Crippen molar-refractivity contribution in [2.45, 2.75) is 11.8 Å². The molecule has 0 saturated heterocycles. The molecule has 3 N–H and O–H groups in total. The van der Waals surface area contributed by atoms with Gasteiger partial charge in [-0.15, -0.1) is 0 Å². The number of nitrogen functional groups attached to an aromatic ring is 1. The van der Waals surface area contributed by atoms with Gasteiger partial charge in [-0.25, -0.2) is 17.2 Å². The lowest BCUT2D eigenvalue weighted by Gasteiger charge is -2.12. The van der Waals surface area contributed by atoms with Crippen LogP contribution in [0.3, 0.4) is 0 Å². The minimum atomic E-state index is -4.29. The number of halogens is 3. The van der Waals surface area contributed by atoms with Gasteiger partial charge in [0.15, 0.2) is 11.6 Å². The summed E-state index contributed by atoms with van der Waals surface area (Å²) >= 11 is 3.21. The van der Waals surface area contributed by atoms with Gasteiger partial charge >= 0.3 is 0 Å². The predicted octanol–water partition coefficient (Wildman–Crippen LogP) is 3.42. The second kappa shape index (κ2) is 5.61. The van der Waals surface area contributed by atoms with Crippen LogP contribution in [0.1, 0.15) is 5.56 Å². The second-order valence-corrected chi connectivity index (χ2v) is 6.95. The quantitative estimate of drug-likeness (QED) is 0.806. The molecule has 21 heavy (non-hydrogen) atoms. The molecule has 0 bridgehead atoms. The van der Waals surface area contributed by atoms with Crippen molar-refractivity contribution in [1.82, 2.24) is 0 Å². The fourth-order valence-electron chi connectivity index (χ4n) is 1.68. The third kappa shape index (κ3) is 3.33. The molecule has 0 aliphatic rings. The molecule has 2 aromatic carbocycles. The highest BCUT2D eigenvalue weighted by Gasteiger charge is 2.23. The third-order valence-corrected chi connectivity index (χ3v) is 4.61. The molecule has 0 fully saturated rings. The molecular weight excluding hydrogens is 366 g/mol. The van der Waals surface area contributed by atoms with Crippen LogP contribution in [0.4, 0.5) is 20.2 Å². The molecule has 0 amide bonds. The molecule has 0 spiro atoms. The van der Waals surface area contributed by atoms with Crippen molar-refractivity contribution in [3.63, 3.8) is 0 Å². The standard InChI is InChI=1S/C13H11BrF2N2O2S/c1-7-2-3-8(14)4-11(7)18-21(19,20)12-6-9(17)5-10(15)13(12)16/h2-6,18H,17H2,1H3. The van der Waals surface area contributed by atoms with E-state index in [1.54, 1.807) is 19.1 Å². The van der Waals surface area contributed by atoms with Crippen LogP contribution < -0.4 is 10.5 Å². The van der Waals surface area contributed by atoms with E-state index in [0.717, 1.165) is 12.1 Å². The van der Waals surface area contributed by atoms with Crippen molar-refractivity contribution in [3.8, 4) is 0 Å². The van der Waals surface area contributed by atoms with Crippen LogP contribution in [0, 0.1) is 18.6 Å². The van der Waals surface area contributed by atoms with E-state index in [1.807, 2.05) is 0 Å². The van der Waals surface area contributed by atoms with Crippen molar-refractivity contribution in [2.75, 3.05) is 10.5 Å². The Hall–Kier alpha value is -1.67. The van der Waals surface area contributed by atoms with E-state index in [1.165, 1.54) is 6.07 Å². The predicted molar refractivity (Wildman–Crippen MR) is 80.5 cm³/mol. The number of aryl methyl sites for hydroxylation is 1. The van der Waals surface area contributed by atoms with Crippen molar-refractivity contribution >= 4 is 37.3 Å². The van der Waals surface area contributed by atoms with Crippen molar-refractivity contribution < 1.29 is 17.2 Å². The maximum atomic E-state index is 13.7. The first-order valence-electron chi connectivity index (χ1n) is 5.74. The Balaban J connectivity index is 2.51. The molecule has 0 heterocycles. The summed E-state index contributed by atoms with van der Waals surface area (Å²) < 4.78 is 54.3. The summed E-state index contributed by atoms with van der Waals surface area (Å²) in [6, 6.07) is 6.52. The van der Waals surface area contributed by atoms with Crippen LogP contribution in [0.25, 0.3) is 0 Å². The zero-order valence-electron chi connectivity index (χ0n) is 10.8. The first-order chi connectivity index (χ1) is 9.70. The minimum Gasteiger partial charge on any atom is -0.399 e. The maximum Gasteiger partial charge on any atom is 0.265 e. The summed E-state index contributed by atoms with van der Waals surface area (Å²) in [6.45, 7) is 1.68. The third-order valence-electron chi connectivity index (χ3n) is 2.75. The molecule has 0 atom stereocenters. The number of hydrogen-bond donors (Lipinski definition) is 2. The molecule has 0 radical (unpaired) electrons. The molecule has 0 unspecified atom stereocenters. The Labute approximate surface area is 129 Å². The van der Waals surface area contributed by atoms with Crippen molar-refractivity contribution in [3.05, 3.63) is 52.0 Å². The largest absolute Gasteiger partial charge is 0.399 e. The van der Waals surface area contributed by atoms with E-state index in [0.29, 0.717) is 10.0 Å². The van der Waals surface area contributed by atoms with Gasteiger partial charge in [-0.1, -0.05) is 22.0 Å². The lowest BCUT2D eigenvalue weighted by molar-refractivity contribution is 0.486. The van der Waals surface area contributed by atoms with Crippen LogP contribution in [-0.2, 0) is 10.0 Å². The molecular formula is C13H11BrF2N2O2S. The first kappa shape index (κ1) is 15.7. The molecule has 0 saturated carbocycles. The van der Waals surface area contributed by atoms with E-state index in [4.69, 9.17) is 5.73 Å². The van der Waals surface area contributed by atoms with Crippen LogP contribution in [0.2, 0.25) is 0 Å². The van der Waals surface area contributed by atoms with Gasteiger partial charge in [-0.3, -0.25) is 4.72 Å². The van der Waals surface area contributed by atoms with E-state index in [-0.39, 0.29) is 11.4 Å². The SMILES string of the molecule is Cc1ccc(Br)cc1NS(=O)(=O)c1cc(N)cc(F)c1F. The lowest BCUT2D eigenvalue weighted by atomic mass is 10.2. The second-order valence-electron chi connectivity index (χ2n) is 4.38. The topological polar surface area (TPSA) is 72.2 Å². The van der Waals surface area contributed by atoms with Gasteiger partial charge in [0.05, 0.1) is 5.69 Å². The van der Waals surface area contributed by atoms with Gasteiger partial charge in [-0.05, 0) is 36.8 Å². The van der Waals surface area contributed by atoms with Gasteiger partial charge in [0.25, 0.3) is 10.0 Å². The minimum absolute atomic E-state index is 0.180. The van der Waals surface area contributed by atoms with Gasteiger partial charge in [-0.2, -0.15) is 0 Å². The summed E-state index contributed by atoms with van der Waals surface area (Å²) in [5.74, 6) is -2.79. The van der Waals surface area contributed by atoms with Crippen LogP contribution in [0.15, 0.2) is 39.7 Å². The normalized spacial score (nSPS) is 11.4. The van der Waals surface area contributed by atoms with Gasteiger partial charge in [0.1, 0.15) is 4.90 Å². The fourth-order valence-corrected chi connectivity index (χ4v) is 3.29. The highest BCUT2D eigenvalue weighted by atomic mass is 79.9. The fraction of sp³-hybridized carbons (Fsp3) is 0.0769. The molecule has 0 aliphatic carbocycles. The number of benzene rings is 2. The van der Waals surface area contributed by atoms with Gasteiger partial charge in [0.2, 0.25) is 0 Å². The Kier molecular flexibility index (Phi) is 4.20. The number of sulfonamides is 1. The first-order valence-corrected chi connectivity index (χ1v) is 8.02. The van der Waals surface area contributed by atoms with Crippen LogP contribution in [0.5, 0.6) is 0 Å². The Morgan fingerprint density at radius 3 is 2.52 bits per heavy atom. The average Bonchev–Trinajstić information content (AvgIpc) is 2.37. The van der Waals surface area contributed by atoms with Crippen molar-refractivity contribution in [1.29, 1.82) is 0 Å². The number of nitrogens with one attached hydrogen (secondary N) is 1. The summed E-state index contributed by atoms with van der Waals surface area (Å²) in [7, 11) is -4.29. The molecule has 4 nitrogen and oxygen atoms in total. The van der Waals surface area contributed by atoms with E-state index >= 15 is 0 Å². The highest BCUT2D eigenvalue weighted by Crippen LogP contribution is 2.26. The summed E-state index contributed by atoms with van der Waals surface area (Å²) in [6.07, 6.45) is 0. The van der Waals surface area contributed by atoms with Crippen LogP contribution >= 0.6 is 15.9 Å². The number of hydrogen-bond acceptors (Lipinski definition) is 3. The molecule has 8 heteroatoms. The van der Waals surface area contributed by atoms with Crippen LogP contribution in [-0.4, -0.2) is 8.42 Å². The monoisotopic (exact) mass is 376 g/mol. The Morgan fingerprint density at radius 2 is 1.86 bits per heavy atom. The summed E-state index contributed by atoms with van der Waals surface area (Å²) in [4.78, 5) is -0.834. The number of rotatable bonds is 3. The van der Waals surface area contributed by atoms with E-state index in [2.05, 4.69) is 20.7 Å². The van der Waals surface area contributed by atoms with Gasteiger partial charge in [0, 0.05) is 10.2 Å². The molecule has 2 aromatic rings. The van der Waals surface area contributed by atoms with E-state index in [9.17, 15) is 17.2 Å². The maximum absolute atomic E-state index is 13.7. The summed E-state index contributed by atoms with van der Waals surface area (Å²) in [5, 5.41) is 0. The van der Waals surface area contributed by atoms with Crippen molar-refractivity contribution in [2.24, 2.45) is 0 Å². The molecule has 0 aromatic heterocycles. The highest BCUT2D eigenvalue weighted by molar-refractivity contribution is 9.10. The Bertz CT molecular complexity index is 810. The van der Waals surface area contributed by atoms with E-state index < -0.39 is 26.6 Å². The smallest absolute Gasteiger partial charge is 0.265 e. The number of nitrogens with two attached hydrogens (primary N) is 1. The zero-order valence-corrected chi connectivity index (χ0v) is 13.2. The average molecular weight is 377 g/mol. The van der Waals surface area contributed by atoms with Gasteiger partial charge < -0.3 is 5.73 Å². The molecule has 112 valence electrons. The Morgan fingerprint density at radius 1 is 1.19 bits per heavy atom. The molecule has 2 rings (SSSR count).